The van der Waals surface area contributed by atoms with Gasteiger partial charge in [0.15, 0.2) is 0 Å². The molecule has 3 atom stereocenters. The summed E-state index contributed by atoms with van der Waals surface area (Å²) in [5, 5.41) is 4.19. The lowest BCUT2D eigenvalue weighted by Crippen LogP contribution is -2.36. The van der Waals surface area contributed by atoms with Crippen molar-refractivity contribution in [3.05, 3.63) is 18.0 Å². The summed E-state index contributed by atoms with van der Waals surface area (Å²) in [7, 11) is 5.44. The van der Waals surface area contributed by atoms with Crippen LogP contribution in [0.5, 0.6) is 0 Å². The predicted molar refractivity (Wildman–Crippen MR) is 69.3 cm³/mol. The standard InChI is InChI=1S/C13H20N4O2/c1-15-5-9(4-14-15)6-17-7-10-11(8-17)16(2)13(18)12(10)19-3/h4-5,10-12H,6-8H2,1-3H3/t10-,11+,12-/m0/s1. The van der Waals surface area contributed by atoms with Crippen LogP contribution in [0.3, 0.4) is 0 Å². The molecule has 0 radical (unpaired) electrons. The molecule has 0 unspecified atom stereocenters. The van der Waals surface area contributed by atoms with Gasteiger partial charge in [-0.2, -0.15) is 5.10 Å². The van der Waals surface area contributed by atoms with Gasteiger partial charge in [0.2, 0.25) is 0 Å². The molecule has 0 saturated carbocycles. The van der Waals surface area contributed by atoms with Gasteiger partial charge >= 0.3 is 0 Å². The fourth-order valence-corrected chi connectivity index (χ4v) is 3.37. The van der Waals surface area contributed by atoms with E-state index in [4.69, 9.17) is 4.74 Å². The smallest absolute Gasteiger partial charge is 0.252 e. The molecule has 2 aliphatic heterocycles. The monoisotopic (exact) mass is 264 g/mol. The van der Waals surface area contributed by atoms with Crippen LogP contribution in [0.25, 0.3) is 0 Å². The van der Waals surface area contributed by atoms with Gasteiger partial charge in [0.1, 0.15) is 6.10 Å². The van der Waals surface area contributed by atoms with Gasteiger partial charge in [-0.3, -0.25) is 14.4 Å². The summed E-state index contributed by atoms with van der Waals surface area (Å²) < 4.78 is 7.20. The minimum absolute atomic E-state index is 0.124. The van der Waals surface area contributed by atoms with E-state index in [1.54, 1.807) is 7.11 Å². The third-order valence-electron chi connectivity index (χ3n) is 4.30. The molecule has 1 aromatic heterocycles. The molecule has 19 heavy (non-hydrogen) atoms. The summed E-state index contributed by atoms with van der Waals surface area (Å²) in [5.41, 5.74) is 1.21. The van der Waals surface area contributed by atoms with Crippen molar-refractivity contribution >= 4 is 5.91 Å². The second-order valence-electron chi connectivity index (χ2n) is 5.55. The number of methoxy groups -OCH3 is 1. The highest BCUT2D eigenvalue weighted by atomic mass is 16.5. The number of rotatable bonds is 3. The second-order valence-corrected chi connectivity index (χ2v) is 5.55. The molecule has 2 fully saturated rings. The third kappa shape index (κ3) is 2.04. The Morgan fingerprint density at radius 1 is 1.42 bits per heavy atom. The topological polar surface area (TPSA) is 50.6 Å². The number of fused-ring (bicyclic) bond motifs is 1. The first-order valence-corrected chi connectivity index (χ1v) is 6.59. The van der Waals surface area contributed by atoms with Crippen LogP contribution in [-0.2, 0) is 23.1 Å². The van der Waals surface area contributed by atoms with E-state index in [0.717, 1.165) is 19.6 Å². The molecule has 0 N–H and O–H groups in total. The van der Waals surface area contributed by atoms with Crippen molar-refractivity contribution in [2.45, 2.75) is 18.7 Å². The first-order chi connectivity index (χ1) is 9.10. The van der Waals surface area contributed by atoms with Gasteiger partial charge in [0, 0.05) is 58.5 Å². The van der Waals surface area contributed by atoms with E-state index in [0.29, 0.717) is 5.92 Å². The fraction of sp³-hybridized carbons (Fsp3) is 0.692. The molecule has 3 rings (SSSR count). The molecule has 0 bridgehead atoms. The van der Waals surface area contributed by atoms with E-state index in [1.807, 2.05) is 36.1 Å². The Labute approximate surface area is 112 Å². The Balaban J connectivity index is 1.69. The summed E-state index contributed by atoms with van der Waals surface area (Å²) in [6, 6.07) is 0.286. The lowest BCUT2D eigenvalue weighted by Gasteiger charge is -2.21. The quantitative estimate of drug-likeness (QED) is 0.752. The van der Waals surface area contributed by atoms with Crippen LogP contribution in [0.2, 0.25) is 0 Å². The molecule has 2 saturated heterocycles. The van der Waals surface area contributed by atoms with Crippen molar-refractivity contribution < 1.29 is 9.53 Å². The highest BCUT2D eigenvalue weighted by molar-refractivity contribution is 5.84. The number of carbonyl (C=O) groups excluding carboxylic acids is 1. The molecule has 3 heterocycles. The van der Waals surface area contributed by atoms with Crippen molar-refractivity contribution in [3.63, 3.8) is 0 Å². The molecule has 0 aromatic carbocycles. The Morgan fingerprint density at radius 3 is 2.84 bits per heavy atom. The zero-order valence-electron chi connectivity index (χ0n) is 11.6. The number of likely N-dealkylation sites (tertiary alicyclic amines) is 2. The third-order valence-corrected chi connectivity index (χ3v) is 4.30. The molecule has 0 aliphatic carbocycles. The van der Waals surface area contributed by atoms with E-state index < -0.39 is 0 Å². The number of amides is 1. The Morgan fingerprint density at radius 2 is 2.21 bits per heavy atom. The van der Waals surface area contributed by atoms with Crippen LogP contribution in [0.1, 0.15) is 5.56 Å². The Hall–Kier alpha value is -1.40. The first-order valence-electron chi connectivity index (χ1n) is 6.59. The number of carbonyl (C=O) groups is 1. The maximum absolute atomic E-state index is 12.0. The normalized spacial score (nSPS) is 31.2. The van der Waals surface area contributed by atoms with Gasteiger partial charge in [-0.1, -0.05) is 0 Å². The van der Waals surface area contributed by atoms with Gasteiger partial charge in [-0.25, -0.2) is 0 Å². The molecule has 6 heteroatoms. The summed E-state index contributed by atoms with van der Waals surface area (Å²) in [5.74, 6) is 0.415. The molecule has 1 aromatic rings. The molecule has 2 aliphatic rings. The van der Waals surface area contributed by atoms with E-state index in [1.165, 1.54) is 5.56 Å². The molecule has 0 spiro atoms. The minimum Gasteiger partial charge on any atom is -0.371 e. The van der Waals surface area contributed by atoms with Crippen molar-refractivity contribution in [1.82, 2.24) is 19.6 Å². The van der Waals surface area contributed by atoms with E-state index in [9.17, 15) is 4.79 Å². The maximum Gasteiger partial charge on any atom is 0.252 e. The highest BCUT2D eigenvalue weighted by Crippen LogP contribution is 2.33. The summed E-state index contributed by atoms with van der Waals surface area (Å²) in [6.07, 6.45) is 3.67. The van der Waals surface area contributed by atoms with Crippen molar-refractivity contribution in [2.24, 2.45) is 13.0 Å². The average molecular weight is 264 g/mol. The van der Waals surface area contributed by atoms with E-state index in [2.05, 4.69) is 10.00 Å². The molecule has 104 valence electrons. The SMILES string of the molecule is CO[C@@H]1C(=O)N(C)[C@@H]2CN(Cc3cnn(C)c3)C[C@H]12. The van der Waals surface area contributed by atoms with Crippen LogP contribution < -0.4 is 0 Å². The highest BCUT2D eigenvalue weighted by Gasteiger charge is 2.51. The zero-order valence-corrected chi connectivity index (χ0v) is 11.6. The second kappa shape index (κ2) is 4.61. The van der Waals surface area contributed by atoms with Crippen LogP contribution in [0.4, 0.5) is 0 Å². The number of nitrogens with zero attached hydrogens (tertiary/aromatic N) is 4. The van der Waals surface area contributed by atoms with E-state index >= 15 is 0 Å². The first kappa shape index (κ1) is 12.6. The van der Waals surface area contributed by atoms with Crippen molar-refractivity contribution in [2.75, 3.05) is 27.2 Å². The maximum atomic E-state index is 12.0. The number of likely N-dealkylation sites (N-methyl/N-ethyl adjacent to an activating group) is 1. The summed E-state index contributed by atoms with van der Waals surface area (Å²) >= 11 is 0. The number of aryl methyl sites for hydroxylation is 1. The number of ether oxygens (including phenoxy) is 1. The van der Waals surface area contributed by atoms with Gasteiger partial charge in [0.25, 0.3) is 5.91 Å². The molecular weight excluding hydrogens is 244 g/mol. The van der Waals surface area contributed by atoms with Gasteiger partial charge in [0.05, 0.1) is 12.2 Å². The van der Waals surface area contributed by atoms with Crippen LogP contribution in [0, 0.1) is 5.92 Å². The molecular formula is C13H20N4O2. The van der Waals surface area contributed by atoms with Crippen LogP contribution in [-0.4, -0.2) is 64.9 Å². The Kier molecular flexibility index (Phi) is 3.06. The predicted octanol–water partition coefficient (Wildman–Crippen LogP) is -0.292. The average Bonchev–Trinajstić information content (AvgIpc) is 3.01. The van der Waals surface area contributed by atoms with Gasteiger partial charge in [-0.05, 0) is 0 Å². The zero-order chi connectivity index (χ0) is 13.6. The lowest BCUT2D eigenvalue weighted by atomic mass is 10.0. The fourth-order valence-electron chi connectivity index (χ4n) is 3.37. The van der Waals surface area contributed by atoms with E-state index in [-0.39, 0.29) is 18.1 Å². The number of aromatic nitrogens is 2. The van der Waals surface area contributed by atoms with Gasteiger partial charge < -0.3 is 9.64 Å². The minimum atomic E-state index is -0.270. The van der Waals surface area contributed by atoms with Gasteiger partial charge in [-0.15, -0.1) is 0 Å². The number of hydrogen-bond acceptors (Lipinski definition) is 4. The van der Waals surface area contributed by atoms with Crippen LogP contribution in [0.15, 0.2) is 12.4 Å². The van der Waals surface area contributed by atoms with Crippen molar-refractivity contribution in [3.8, 4) is 0 Å². The lowest BCUT2D eigenvalue weighted by molar-refractivity contribution is -0.136. The largest absolute Gasteiger partial charge is 0.371 e. The van der Waals surface area contributed by atoms with Crippen LogP contribution >= 0.6 is 0 Å². The summed E-state index contributed by atoms with van der Waals surface area (Å²) in [6.45, 7) is 2.72. The van der Waals surface area contributed by atoms with Crippen molar-refractivity contribution in [1.29, 1.82) is 0 Å². The molecule has 1 amide bonds. The summed E-state index contributed by atoms with van der Waals surface area (Å²) in [4.78, 5) is 16.2. The number of hydrogen-bond donors (Lipinski definition) is 0. The Bertz CT molecular complexity index is 487. The molecule has 6 nitrogen and oxygen atoms in total.